The molecule has 3 aliphatic rings. The van der Waals surface area contributed by atoms with Crippen LogP contribution in [0.5, 0.6) is 0 Å². The van der Waals surface area contributed by atoms with E-state index >= 15 is 0 Å². The quantitative estimate of drug-likeness (QED) is 0.395. The third kappa shape index (κ3) is 6.46. The fourth-order valence-electron chi connectivity index (χ4n) is 2.56. The molecular formula is C20H26O6. The summed E-state index contributed by atoms with van der Waals surface area (Å²) in [6, 6.07) is 6.36. The SMILES string of the molecule is C(=Cc1cc(COCC2CO2)ccc1COCC1CO1)COCC1CO1. The van der Waals surface area contributed by atoms with Crippen molar-refractivity contribution in [1.29, 1.82) is 0 Å². The molecule has 0 radical (unpaired) electrons. The Labute approximate surface area is 154 Å². The highest BCUT2D eigenvalue weighted by Gasteiger charge is 2.23. The summed E-state index contributed by atoms with van der Waals surface area (Å²) in [5.41, 5.74) is 3.44. The molecule has 0 saturated carbocycles. The minimum Gasteiger partial charge on any atom is -0.375 e. The van der Waals surface area contributed by atoms with Crippen molar-refractivity contribution in [3.8, 4) is 0 Å². The molecule has 1 aromatic carbocycles. The maximum atomic E-state index is 5.76. The second-order valence-corrected chi connectivity index (χ2v) is 6.87. The summed E-state index contributed by atoms with van der Waals surface area (Å²) >= 11 is 0. The van der Waals surface area contributed by atoms with Crippen LogP contribution >= 0.6 is 0 Å². The molecule has 142 valence electrons. The highest BCUT2D eigenvalue weighted by molar-refractivity contribution is 5.55. The van der Waals surface area contributed by atoms with E-state index in [0.29, 0.717) is 51.8 Å². The molecule has 0 bridgehead atoms. The largest absolute Gasteiger partial charge is 0.375 e. The van der Waals surface area contributed by atoms with Crippen molar-refractivity contribution in [2.75, 3.05) is 46.2 Å². The van der Waals surface area contributed by atoms with E-state index in [2.05, 4.69) is 24.3 Å². The van der Waals surface area contributed by atoms with Crippen LogP contribution in [-0.4, -0.2) is 64.6 Å². The second kappa shape index (κ2) is 9.08. The normalized spacial score (nSPS) is 26.4. The molecular weight excluding hydrogens is 336 g/mol. The van der Waals surface area contributed by atoms with Gasteiger partial charge in [-0.3, -0.25) is 0 Å². The van der Waals surface area contributed by atoms with Gasteiger partial charge in [-0.15, -0.1) is 0 Å². The zero-order valence-electron chi connectivity index (χ0n) is 14.9. The van der Waals surface area contributed by atoms with Gasteiger partial charge in [-0.25, -0.2) is 0 Å². The number of epoxide rings is 3. The minimum atomic E-state index is 0.282. The molecule has 3 fully saturated rings. The van der Waals surface area contributed by atoms with Crippen LogP contribution in [0.15, 0.2) is 24.3 Å². The number of hydrogen-bond donors (Lipinski definition) is 0. The molecule has 3 saturated heterocycles. The van der Waals surface area contributed by atoms with Crippen molar-refractivity contribution >= 4 is 6.08 Å². The highest BCUT2D eigenvalue weighted by Crippen LogP contribution is 2.18. The van der Waals surface area contributed by atoms with Crippen LogP contribution in [-0.2, 0) is 41.6 Å². The Hall–Kier alpha value is -1.28. The molecule has 0 spiro atoms. The molecule has 26 heavy (non-hydrogen) atoms. The average Bonchev–Trinajstić information content (AvgIpc) is 3.48. The minimum absolute atomic E-state index is 0.282. The van der Waals surface area contributed by atoms with Gasteiger partial charge in [-0.1, -0.05) is 24.3 Å². The molecule has 0 aromatic heterocycles. The number of benzene rings is 1. The number of rotatable bonds is 13. The van der Waals surface area contributed by atoms with Crippen molar-refractivity contribution in [2.45, 2.75) is 31.5 Å². The maximum absolute atomic E-state index is 5.76. The Morgan fingerprint density at radius 1 is 0.846 bits per heavy atom. The van der Waals surface area contributed by atoms with Gasteiger partial charge in [0.05, 0.1) is 59.5 Å². The first-order valence-corrected chi connectivity index (χ1v) is 9.23. The average molecular weight is 362 g/mol. The van der Waals surface area contributed by atoms with Gasteiger partial charge in [0.2, 0.25) is 0 Å². The predicted molar refractivity (Wildman–Crippen MR) is 94.8 cm³/mol. The van der Waals surface area contributed by atoms with Crippen LogP contribution in [0, 0.1) is 0 Å². The lowest BCUT2D eigenvalue weighted by Crippen LogP contribution is -2.04. The van der Waals surface area contributed by atoms with Crippen LogP contribution in [0.3, 0.4) is 0 Å². The molecule has 0 N–H and O–H groups in total. The fraction of sp³-hybridized carbons (Fsp3) is 0.600. The van der Waals surface area contributed by atoms with E-state index in [0.717, 1.165) is 36.5 Å². The van der Waals surface area contributed by atoms with Gasteiger partial charge < -0.3 is 28.4 Å². The molecule has 6 nitrogen and oxygen atoms in total. The summed E-state index contributed by atoms with van der Waals surface area (Å²) in [6.07, 6.45) is 5.00. The van der Waals surface area contributed by atoms with Crippen molar-refractivity contribution in [3.63, 3.8) is 0 Å². The molecule has 3 atom stereocenters. The van der Waals surface area contributed by atoms with Crippen molar-refractivity contribution in [1.82, 2.24) is 0 Å². The van der Waals surface area contributed by atoms with E-state index in [9.17, 15) is 0 Å². The first kappa shape index (κ1) is 18.1. The van der Waals surface area contributed by atoms with Crippen LogP contribution in [0.4, 0.5) is 0 Å². The van der Waals surface area contributed by atoms with Crippen LogP contribution in [0.25, 0.3) is 6.08 Å². The second-order valence-electron chi connectivity index (χ2n) is 6.87. The molecule has 3 heterocycles. The summed E-state index contributed by atoms with van der Waals surface area (Å²) in [6.45, 7) is 6.18. The highest BCUT2D eigenvalue weighted by atomic mass is 16.6. The van der Waals surface area contributed by atoms with Crippen LogP contribution < -0.4 is 0 Å². The van der Waals surface area contributed by atoms with Crippen molar-refractivity contribution < 1.29 is 28.4 Å². The Bertz CT molecular complexity index is 604. The van der Waals surface area contributed by atoms with Gasteiger partial charge in [0.1, 0.15) is 18.3 Å². The lowest BCUT2D eigenvalue weighted by atomic mass is 10.0. The van der Waals surface area contributed by atoms with Gasteiger partial charge in [-0.2, -0.15) is 0 Å². The van der Waals surface area contributed by atoms with Crippen molar-refractivity contribution in [3.05, 3.63) is 41.0 Å². The molecule has 3 aliphatic heterocycles. The topological polar surface area (TPSA) is 65.3 Å². The summed E-state index contributed by atoms with van der Waals surface area (Å²) in [7, 11) is 0. The third-order valence-electron chi connectivity index (χ3n) is 4.37. The first-order valence-electron chi connectivity index (χ1n) is 9.23. The Morgan fingerprint density at radius 3 is 2.12 bits per heavy atom. The molecule has 6 heteroatoms. The summed E-state index contributed by atoms with van der Waals surface area (Å²) in [5, 5.41) is 0. The first-order chi connectivity index (χ1) is 12.9. The van der Waals surface area contributed by atoms with Gasteiger partial charge in [0.15, 0.2) is 0 Å². The molecule has 4 rings (SSSR count). The Balaban J connectivity index is 1.30. The Kier molecular flexibility index (Phi) is 6.32. The van der Waals surface area contributed by atoms with E-state index in [1.165, 1.54) is 0 Å². The maximum Gasteiger partial charge on any atom is 0.104 e. The monoisotopic (exact) mass is 362 g/mol. The number of ether oxygens (including phenoxy) is 6. The molecule has 0 amide bonds. The van der Waals surface area contributed by atoms with Crippen LogP contribution in [0.2, 0.25) is 0 Å². The predicted octanol–water partition coefficient (Wildman–Crippen LogP) is 1.95. The Morgan fingerprint density at radius 2 is 1.46 bits per heavy atom. The van der Waals surface area contributed by atoms with Gasteiger partial charge >= 0.3 is 0 Å². The van der Waals surface area contributed by atoms with E-state index in [-0.39, 0.29) is 6.10 Å². The fourth-order valence-corrected chi connectivity index (χ4v) is 2.56. The third-order valence-corrected chi connectivity index (χ3v) is 4.37. The zero-order chi connectivity index (χ0) is 17.6. The molecule has 0 aliphatic carbocycles. The summed E-state index contributed by atoms with van der Waals surface area (Å²) in [4.78, 5) is 0. The van der Waals surface area contributed by atoms with E-state index < -0.39 is 0 Å². The lowest BCUT2D eigenvalue weighted by molar-refractivity contribution is 0.102. The molecule has 1 aromatic rings. The smallest absolute Gasteiger partial charge is 0.104 e. The van der Waals surface area contributed by atoms with Gasteiger partial charge in [0, 0.05) is 0 Å². The zero-order valence-corrected chi connectivity index (χ0v) is 14.9. The molecule has 3 unspecified atom stereocenters. The van der Waals surface area contributed by atoms with Crippen molar-refractivity contribution in [2.24, 2.45) is 0 Å². The number of hydrogen-bond acceptors (Lipinski definition) is 6. The lowest BCUT2D eigenvalue weighted by Gasteiger charge is -2.10. The summed E-state index contributed by atoms with van der Waals surface area (Å²) in [5.74, 6) is 0. The standard InChI is InChI=1S/C20H26O6/c1(5-21-9-18-12-24-18)2-16-6-15(7-22-10-19-13-25-19)3-4-17(16)8-23-11-20-14-26-20/h1-4,6,18-20H,5,7-14H2. The summed E-state index contributed by atoms with van der Waals surface area (Å²) < 4.78 is 32.5. The van der Waals surface area contributed by atoms with Crippen LogP contribution in [0.1, 0.15) is 16.7 Å². The van der Waals surface area contributed by atoms with Gasteiger partial charge in [-0.05, 0) is 22.8 Å². The van der Waals surface area contributed by atoms with E-state index in [4.69, 9.17) is 28.4 Å². The van der Waals surface area contributed by atoms with Gasteiger partial charge in [0.25, 0.3) is 0 Å². The van der Waals surface area contributed by atoms with E-state index in [1.807, 2.05) is 6.08 Å². The van der Waals surface area contributed by atoms with E-state index in [1.54, 1.807) is 0 Å².